The van der Waals surface area contributed by atoms with Crippen molar-refractivity contribution in [2.45, 2.75) is 44.3 Å². The Morgan fingerprint density at radius 2 is 1.79 bits per heavy atom. The predicted octanol–water partition coefficient (Wildman–Crippen LogP) is 4.76. The minimum Gasteiger partial charge on any atom is -0.481 e. The van der Waals surface area contributed by atoms with Crippen molar-refractivity contribution in [1.29, 1.82) is 5.26 Å². The molecule has 13 heteroatoms. The van der Waals surface area contributed by atoms with Gasteiger partial charge in [-0.05, 0) is 55.2 Å². The Bertz CT molecular complexity index is 1510. The molecule has 0 radical (unpaired) electrons. The number of nitriles is 1. The van der Waals surface area contributed by atoms with Gasteiger partial charge in [0.15, 0.2) is 5.78 Å². The second-order valence-corrected chi connectivity index (χ2v) is 11.0. The number of ketones is 1. The molecule has 2 aromatic rings. The topological polar surface area (TPSA) is 136 Å². The van der Waals surface area contributed by atoms with Crippen molar-refractivity contribution in [3.63, 3.8) is 0 Å². The molecule has 1 N–H and O–H groups in total. The Labute approximate surface area is 221 Å². The molecule has 2 amide bonds. The summed E-state index contributed by atoms with van der Waals surface area (Å²) in [5, 5.41) is 18.1. The molecule has 0 aromatic heterocycles. The van der Waals surface area contributed by atoms with E-state index >= 15 is 0 Å². The summed E-state index contributed by atoms with van der Waals surface area (Å²) in [6, 6.07) is 8.69. The summed E-state index contributed by atoms with van der Waals surface area (Å²) in [5.41, 5.74) is -0.836. The molecule has 0 spiro atoms. The molecule has 1 aliphatic heterocycles. The Kier molecular flexibility index (Phi) is 7.52. The van der Waals surface area contributed by atoms with Crippen molar-refractivity contribution in [3.8, 4) is 6.07 Å². The van der Waals surface area contributed by atoms with E-state index in [9.17, 15) is 36.0 Å². The van der Waals surface area contributed by atoms with Gasteiger partial charge in [0.25, 0.3) is 0 Å². The first kappa shape index (κ1) is 27.8. The number of carboxylic acids is 1. The smallest absolute Gasteiger partial charge is 0.416 e. The highest BCUT2D eigenvalue weighted by Crippen LogP contribution is 2.46. The number of carbonyl (C=O) groups excluding carboxylic acids is 2. The number of sulfonamides is 1. The maximum absolute atomic E-state index is 14.0. The largest absolute Gasteiger partial charge is 0.481 e. The number of hydrogen-bond donors (Lipinski definition) is 1. The zero-order chi connectivity index (χ0) is 28.5. The van der Waals surface area contributed by atoms with E-state index in [-0.39, 0.29) is 47.3 Å². The summed E-state index contributed by atoms with van der Waals surface area (Å²) in [7, 11) is -4.59. The third kappa shape index (κ3) is 5.51. The molecule has 39 heavy (non-hydrogen) atoms. The fourth-order valence-corrected chi connectivity index (χ4v) is 6.32. The van der Waals surface area contributed by atoms with Gasteiger partial charge >= 0.3 is 18.2 Å². The van der Waals surface area contributed by atoms with Crippen LogP contribution in [0.1, 0.15) is 54.8 Å². The third-order valence-electron chi connectivity index (χ3n) is 6.47. The quantitative estimate of drug-likeness (QED) is 0.515. The van der Waals surface area contributed by atoms with E-state index in [2.05, 4.69) is 0 Å². The van der Waals surface area contributed by atoms with Crippen LogP contribution >= 0.6 is 0 Å². The fourth-order valence-electron chi connectivity index (χ4n) is 4.74. The summed E-state index contributed by atoms with van der Waals surface area (Å²) >= 11 is 0. The number of alkyl halides is 3. The molecule has 204 valence electrons. The second-order valence-electron chi connectivity index (χ2n) is 9.05. The SMILES string of the molecule is N#Cc1ccc(C2C3=C(CCCC3=O)N(c3cccc(C(F)(F)F)c3)C(=O)N2S(=O)(=O)CCCC(=O)O)cc1. The Hall–Kier alpha value is -4.18. The van der Waals surface area contributed by atoms with Crippen molar-refractivity contribution in [1.82, 2.24) is 4.31 Å². The molecule has 4 rings (SSSR count). The average molecular weight is 562 g/mol. The van der Waals surface area contributed by atoms with E-state index in [1.807, 2.05) is 6.07 Å². The van der Waals surface area contributed by atoms with Crippen molar-refractivity contribution in [3.05, 3.63) is 76.5 Å². The lowest BCUT2D eigenvalue weighted by atomic mass is 9.84. The Balaban J connectivity index is 1.96. The van der Waals surface area contributed by atoms with E-state index < -0.39 is 57.8 Å². The number of anilines is 1. The van der Waals surface area contributed by atoms with Crippen LogP contribution in [0.3, 0.4) is 0 Å². The first-order valence-electron chi connectivity index (χ1n) is 11.9. The Morgan fingerprint density at radius 3 is 2.41 bits per heavy atom. The molecule has 1 unspecified atom stereocenters. The molecule has 2 aromatic carbocycles. The van der Waals surface area contributed by atoms with E-state index in [1.165, 1.54) is 30.3 Å². The van der Waals surface area contributed by atoms with Gasteiger partial charge in [0.05, 0.1) is 28.6 Å². The highest BCUT2D eigenvalue weighted by Gasteiger charge is 2.49. The van der Waals surface area contributed by atoms with Crippen LogP contribution in [0.25, 0.3) is 0 Å². The number of Topliss-reactive ketones (excluding diaryl/α,β-unsaturated/α-hetero) is 1. The molecule has 1 aliphatic carbocycles. The first-order chi connectivity index (χ1) is 18.3. The second kappa shape index (κ2) is 10.5. The van der Waals surface area contributed by atoms with E-state index in [4.69, 9.17) is 10.4 Å². The van der Waals surface area contributed by atoms with Crippen LogP contribution in [0.15, 0.2) is 59.8 Å². The molecular formula is C26H22F3N3O6S. The van der Waals surface area contributed by atoms with Gasteiger partial charge in [-0.25, -0.2) is 17.5 Å². The minimum atomic E-state index is -4.75. The van der Waals surface area contributed by atoms with Gasteiger partial charge in [0.2, 0.25) is 10.0 Å². The molecule has 0 fully saturated rings. The maximum atomic E-state index is 14.0. The fraction of sp³-hybridized carbons (Fsp3) is 0.308. The maximum Gasteiger partial charge on any atom is 0.416 e. The number of nitrogens with zero attached hydrogens (tertiary/aromatic N) is 3. The van der Waals surface area contributed by atoms with Crippen LogP contribution in [0, 0.1) is 11.3 Å². The minimum absolute atomic E-state index is 0.0309. The number of carboxylic acid groups (broad SMARTS) is 1. The number of hydrogen-bond acceptors (Lipinski definition) is 6. The lowest BCUT2D eigenvalue weighted by Crippen LogP contribution is -2.54. The molecule has 0 saturated carbocycles. The van der Waals surface area contributed by atoms with Crippen LogP contribution in [0.5, 0.6) is 0 Å². The zero-order valence-electron chi connectivity index (χ0n) is 20.3. The van der Waals surface area contributed by atoms with Gasteiger partial charge in [0, 0.05) is 24.1 Å². The first-order valence-corrected chi connectivity index (χ1v) is 13.5. The molecule has 2 aliphatic rings. The van der Waals surface area contributed by atoms with E-state index in [1.54, 1.807) is 0 Å². The number of rotatable bonds is 7. The number of benzene rings is 2. The van der Waals surface area contributed by atoms with Crippen molar-refractivity contribution in [2.24, 2.45) is 0 Å². The predicted molar refractivity (Wildman–Crippen MR) is 132 cm³/mol. The standard InChI is InChI=1S/C26H22F3N3O6S/c27-26(28,29)18-4-1-5-19(14-18)31-20-6-2-7-21(33)23(20)24(17-11-9-16(15-30)10-12-17)32(25(31)36)39(37,38)13-3-8-22(34)35/h1,4-5,9-12,14,24H,2-3,6-8,13H2,(H,34,35). The van der Waals surface area contributed by atoms with Crippen LogP contribution in [0.4, 0.5) is 23.7 Å². The molecule has 9 nitrogen and oxygen atoms in total. The van der Waals surface area contributed by atoms with Crippen LogP contribution in [0.2, 0.25) is 0 Å². The summed E-state index contributed by atoms with van der Waals surface area (Å²) in [6.07, 6.45) is -5.14. The summed E-state index contributed by atoms with van der Waals surface area (Å²) in [6.45, 7) is 0. The van der Waals surface area contributed by atoms with Crippen LogP contribution in [-0.2, 0) is 25.8 Å². The average Bonchev–Trinajstić information content (AvgIpc) is 2.87. The number of aliphatic carboxylic acids is 1. The highest BCUT2D eigenvalue weighted by atomic mass is 32.2. The molecular weight excluding hydrogens is 539 g/mol. The van der Waals surface area contributed by atoms with E-state index in [0.717, 1.165) is 17.0 Å². The third-order valence-corrected chi connectivity index (χ3v) is 8.24. The lowest BCUT2D eigenvalue weighted by Gasteiger charge is -2.44. The van der Waals surface area contributed by atoms with Crippen LogP contribution < -0.4 is 4.90 Å². The highest BCUT2D eigenvalue weighted by molar-refractivity contribution is 7.89. The van der Waals surface area contributed by atoms with Gasteiger partial charge in [-0.3, -0.25) is 14.5 Å². The van der Waals surface area contributed by atoms with Crippen LogP contribution in [-0.4, -0.2) is 41.4 Å². The molecule has 1 atom stereocenters. The summed E-state index contributed by atoms with van der Waals surface area (Å²) < 4.78 is 68.1. The van der Waals surface area contributed by atoms with Crippen molar-refractivity contribution < 1.29 is 41.1 Å². The van der Waals surface area contributed by atoms with Gasteiger partial charge in [-0.15, -0.1) is 0 Å². The number of carbonyl (C=O) groups is 3. The number of amides is 2. The van der Waals surface area contributed by atoms with Gasteiger partial charge in [-0.1, -0.05) is 18.2 Å². The van der Waals surface area contributed by atoms with Gasteiger partial charge in [-0.2, -0.15) is 18.4 Å². The lowest BCUT2D eigenvalue weighted by molar-refractivity contribution is -0.138. The number of halogens is 3. The molecule has 0 saturated heterocycles. The van der Waals surface area contributed by atoms with Gasteiger partial charge < -0.3 is 5.11 Å². The number of urea groups is 1. The monoisotopic (exact) mass is 561 g/mol. The number of allylic oxidation sites excluding steroid dienone is 1. The molecule has 0 bridgehead atoms. The molecule has 1 heterocycles. The summed E-state index contributed by atoms with van der Waals surface area (Å²) in [4.78, 5) is 39.1. The van der Waals surface area contributed by atoms with E-state index in [0.29, 0.717) is 16.8 Å². The normalized spacial score (nSPS) is 18.2. The van der Waals surface area contributed by atoms with Crippen molar-refractivity contribution in [2.75, 3.05) is 10.7 Å². The Morgan fingerprint density at radius 1 is 1.10 bits per heavy atom. The zero-order valence-corrected chi connectivity index (χ0v) is 21.1. The summed E-state index contributed by atoms with van der Waals surface area (Å²) in [5.74, 6) is -2.48. The van der Waals surface area contributed by atoms with Gasteiger partial charge in [0.1, 0.15) is 6.04 Å². The van der Waals surface area contributed by atoms with Crippen molar-refractivity contribution >= 4 is 33.5 Å².